The topological polar surface area (TPSA) is 91.4 Å². The molecule has 0 radical (unpaired) electrons. The molecule has 0 amide bonds. The number of likely N-dealkylation sites (N-methyl/N-ethyl adjacent to an activating group) is 1. The van der Waals surface area contributed by atoms with Gasteiger partial charge in [0, 0.05) is 26.4 Å². The van der Waals surface area contributed by atoms with Crippen LogP contribution < -0.4 is 5.32 Å². The summed E-state index contributed by atoms with van der Waals surface area (Å²) in [6.45, 7) is 8.50. The van der Waals surface area contributed by atoms with E-state index in [2.05, 4.69) is 20.5 Å². The molecular formula is C15H25N7O. The van der Waals surface area contributed by atoms with Crippen molar-refractivity contribution in [3.63, 3.8) is 0 Å². The number of methoxy groups -OCH3 is 1. The number of hydrogen-bond donors (Lipinski definition) is 2. The number of aryl methyl sites for hydroxylation is 1. The van der Waals surface area contributed by atoms with Gasteiger partial charge in [0.05, 0.1) is 12.6 Å². The van der Waals surface area contributed by atoms with Crippen molar-refractivity contribution < 1.29 is 4.74 Å². The lowest BCUT2D eigenvalue weighted by atomic mass is 10.2. The van der Waals surface area contributed by atoms with Crippen LogP contribution in [0.5, 0.6) is 0 Å². The standard InChI is InChI=1S/C15H25N7O/c1-9(2)17-14-15-20-19-11(4)22(15)7-12(18-14)13(16)21(5)10(3)8-23-6/h7,9-10,16H,8H2,1-6H3,(H,17,18). The first kappa shape index (κ1) is 17.1. The summed E-state index contributed by atoms with van der Waals surface area (Å²) in [6, 6.07) is 0.284. The molecule has 2 heterocycles. The lowest BCUT2D eigenvalue weighted by Crippen LogP contribution is -2.38. The van der Waals surface area contributed by atoms with Gasteiger partial charge in [-0.2, -0.15) is 0 Å². The van der Waals surface area contributed by atoms with Crippen molar-refractivity contribution >= 4 is 17.3 Å². The summed E-state index contributed by atoms with van der Waals surface area (Å²) < 4.78 is 7.03. The normalized spacial score (nSPS) is 12.7. The Hall–Kier alpha value is -2.22. The van der Waals surface area contributed by atoms with Crippen molar-refractivity contribution in [2.45, 2.75) is 39.8 Å². The third-order valence-corrected chi connectivity index (χ3v) is 3.65. The van der Waals surface area contributed by atoms with E-state index in [0.29, 0.717) is 29.6 Å². The first-order chi connectivity index (χ1) is 10.8. The average Bonchev–Trinajstić information content (AvgIpc) is 2.87. The molecule has 8 heteroatoms. The van der Waals surface area contributed by atoms with Crippen LogP contribution in [0.2, 0.25) is 0 Å². The van der Waals surface area contributed by atoms with Gasteiger partial charge in [0.25, 0.3) is 0 Å². The molecule has 2 aromatic rings. The third-order valence-electron chi connectivity index (χ3n) is 3.65. The molecule has 0 aliphatic heterocycles. The summed E-state index contributed by atoms with van der Waals surface area (Å²) in [5.41, 5.74) is 1.23. The van der Waals surface area contributed by atoms with Crippen LogP contribution >= 0.6 is 0 Å². The van der Waals surface area contributed by atoms with Gasteiger partial charge in [0.2, 0.25) is 5.65 Å². The van der Waals surface area contributed by atoms with E-state index in [9.17, 15) is 0 Å². The minimum Gasteiger partial charge on any atom is -0.383 e. The fourth-order valence-corrected chi connectivity index (χ4v) is 2.25. The fourth-order valence-electron chi connectivity index (χ4n) is 2.25. The van der Waals surface area contributed by atoms with E-state index in [1.807, 2.05) is 44.0 Å². The van der Waals surface area contributed by atoms with Gasteiger partial charge in [0.15, 0.2) is 5.82 Å². The van der Waals surface area contributed by atoms with Crippen LogP contribution in [0.4, 0.5) is 5.82 Å². The highest BCUT2D eigenvalue weighted by atomic mass is 16.5. The van der Waals surface area contributed by atoms with Crippen LogP contribution in [-0.2, 0) is 4.74 Å². The third kappa shape index (κ3) is 3.58. The summed E-state index contributed by atoms with van der Waals surface area (Å²) in [7, 11) is 3.52. The van der Waals surface area contributed by atoms with Crippen LogP contribution in [-0.4, -0.2) is 63.2 Å². The Bertz CT molecular complexity index is 694. The number of nitrogens with zero attached hydrogens (tertiary/aromatic N) is 5. The van der Waals surface area contributed by atoms with E-state index in [-0.39, 0.29) is 12.1 Å². The van der Waals surface area contributed by atoms with Gasteiger partial charge in [-0.05, 0) is 27.7 Å². The van der Waals surface area contributed by atoms with E-state index in [1.165, 1.54) is 0 Å². The van der Waals surface area contributed by atoms with E-state index >= 15 is 0 Å². The number of nitrogens with one attached hydrogen (secondary N) is 2. The Balaban J connectivity index is 2.44. The predicted octanol–water partition coefficient (Wildman–Crippen LogP) is 1.55. The summed E-state index contributed by atoms with van der Waals surface area (Å²) >= 11 is 0. The van der Waals surface area contributed by atoms with Gasteiger partial charge >= 0.3 is 0 Å². The number of anilines is 1. The van der Waals surface area contributed by atoms with Crippen LogP contribution in [0.1, 0.15) is 32.3 Å². The molecule has 0 aromatic carbocycles. The molecule has 2 N–H and O–H groups in total. The molecule has 1 unspecified atom stereocenters. The number of fused-ring (bicyclic) bond motifs is 1. The molecule has 0 bridgehead atoms. The van der Waals surface area contributed by atoms with Crippen molar-refractivity contribution in [1.82, 2.24) is 24.5 Å². The maximum atomic E-state index is 8.45. The minimum absolute atomic E-state index is 0.0773. The van der Waals surface area contributed by atoms with Crippen molar-refractivity contribution in [3.8, 4) is 0 Å². The highest BCUT2D eigenvalue weighted by Crippen LogP contribution is 2.17. The molecule has 1 atom stereocenters. The molecule has 2 aromatic heterocycles. The molecule has 0 aliphatic carbocycles. The summed E-state index contributed by atoms with van der Waals surface area (Å²) in [4.78, 5) is 6.42. The first-order valence-corrected chi connectivity index (χ1v) is 7.64. The lowest BCUT2D eigenvalue weighted by Gasteiger charge is -2.26. The maximum Gasteiger partial charge on any atom is 0.203 e. The van der Waals surface area contributed by atoms with E-state index in [1.54, 1.807) is 13.3 Å². The Labute approximate surface area is 136 Å². The maximum absolute atomic E-state index is 8.45. The second kappa shape index (κ2) is 6.91. The van der Waals surface area contributed by atoms with Crippen molar-refractivity contribution in [1.29, 1.82) is 5.41 Å². The lowest BCUT2D eigenvalue weighted by molar-refractivity contribution is 0.145. The smallest absolute Gasteiger partial charge is 0.203 e. The van der Waals surface area contributed by atoms with Crippen LogP contribution in [0, 0.1) is 12.3 Å². The average molecular weight is 319 g/mol. The zero-order chi connectivity index (χ0) is 17.1. The van der Waals surface area contributed by atoms with Crippen LogP contribution in [0.25, 0.3) is 5.65 Å². The monoisotopic (exact) mass is 319 g/mol. The Morgan fingerprint density at radius 2 is 2.09 bits per heavy atom. The minimum atomic E-state index is 0.0773. The van der Waals surface area contributed by atoms with Gasteiger partial charge < -0.3 is 15.0 Å². The summed E-state index contributed by atoms with van der Waals surface area (Å²) in [5, 5.41) is 20.0. The van der Waals surface area contributed by atoms with Crippen molar-refractivity contribution in [2.75, 3.05) is 26.1 Å². The van der Waals surface area contributed by atoms with Gasteiger partial charge in [-0.3, -0.25) is 9.81 Å². The second-order valence-electron chi connectivity index (χ2n) is 5.98. The van der Waals surface area contributed by atoms with Gasteiger partial charge in [0.1, 0.15) is 17.4 Å². The molecule has 23 heavy (non-hydrogen) atoms. The Morgan fingerprint density at radius 1 is 1.39 bits per heavy atom. The molecule has 126 valence electrons. The molecule has 0 saturated carbocycles. The number of amidine groups is 1. The summed E-state index contributed by atoms with van der Waals surface area (Å²) in [6.07, 6.45) is 1.80. The highest BCUT2D eigenvalue weighted by Gasteiger charge is 2.19. The molecule has 0 aliphatic rings. The number of ether oxygens (including phenoxy) is 1. The highest BCUT2D eigenvalue weighted by molar-refractivity contribution is 5.95. The van der Waals surface area contributed by atoms with Gasteiger partial charge in [-0.25, -0.2) is 4.98 Å². The number of rotatable bonds is 6. The quantitative estimate of drug-likeness (QED) is 0.620. The number of aromatic nitrogens is 4. The van der Waals surface area contributed by atoms with Crippen LogP contribution in [0.3, 0.4) is 0 Å². The van der Waals surface area contributed by atoms with Crippen LogP contribution in [0.15, 0.2) is 6.20 Å². The fraction of sp³-hybridized carbons (Fsp3) is 0.600. The molecule has 0 spiro atoms. The second-order valence-corrected chi connectivity index (χ2v) is 5.98. The van der Waals surface area contributed by atoms with E-state index < -0.39 is 0 Å². The van der Waals surface area contributed by atoms with Crippen molar-refractivity contribution in [3.05, 3.63) is 17.7 Å². The number of hydrogen-bond acceptors (Lipinski definition) is 6. The predicted molar refractivity (Wildman–Crippen MR) is 90.2 cm³/mol. The zero-order valence-corrected chi connectivity index (χ0v) is 14.6. The molecular weight excluding hydrogens is 294 g/mol. The largest absolute Gasteiger partial charge is 0.383 e. The van der Waals surface area contributed by atoms with Crippen molar-refractivity contribution in [2.24, 2.45) is 0 Å². The molecule has 0 saturated heterocycles. The zero-order valence-electron chi connectivity index (χ0n) is 14.6. The van der Waals surface area contributed by atoms with E-state index in [4.69, 9.17) is 10.1 Å². The SMILES string of the molecule is COCC(C)N(C)C(=N)c1cn2c(C)nnc2c(NC(C)C)n1. The first-order valence-electron chi connectivity index (χ1n) is 7.64. The summed E-state index contributed by atoms with van der Waals surface area (Å²) in [5.74, 6) is 1.72. The Kier molecular flexibility index (Phi) is 5.15. The molecule has 0 fully saturated rings. The Morgan fingerprint density at radius 3 is 2.70 bits per heavy atom. The van der Waals surface area contributed by atoms with Gasteiger partial charge in [-0.1, -0.05) is 0 Å². The van der Waals surface area contributed by atoms with E-state index in [0.717, 1.165) is 5.82 Å². The molecule has 2 rings (SSSR count). The van der Waals surface area contributed by atoms with Gasteiger partial charge in [-0.15, -0.1) is 10.2 Å². The molecule has 8 nitrogen and oxygen atoms in total.